The molecule has 0 saturated heterocycles. The van der Waals surface area contributed by atoms with Gasteiger partial charge in [-0.2, -0.15) is 0 Å². The van der Waals surface area contributed by atoms with Crippen molar-refractivity contribution in [2.45, 2.75) is 23.9 Å². The maximum atomic E-state index is 13.1. The third-order valence-corrected chi connectivity index (χ3v) is 7.02. The first-order chi connectivity index (χ1) is 15.6. The van der Waals surface area contributed by atoms with Gasteiger partial charge in [-0.1, -0.05) is 35.5 Å². The highest BCUT2D eigenvalue weighted by Gasteiger charge is 2.14. The average Bonchev–Trinajstić information content (AvgIpc) is 3.28. The number of para-hydroxylation sites is 1. The lowest BCUT2D eigenvalue weighted by molar-refractivity contribution is 0.189. The van der Waals surface area contributed by atoms with Crippen molar-refractivity contribution >= 4 is 45.6 Å². The summed E-state index contributed by atoms with van der Waals surface area (Å²) in [5, 5.41) is 4.68. The van der Waals surface area contributed by atoms with Crippen molar-refractivity contribution in [2.24, 2.45) is 0 Å². The summed E-state index contributed by atoms with van der Waals surface area (Å²) in [6.07, 6.45) is 0.722. The normalized spacial score (nSPS) is 11.2. The number of thioether (sulfide) groups is 1. The van der Waals surface area contributed by atoms with Crippen LogP contribution in [0.2, 0.25) is 5.02 Å². The Hall–Kier alpha value is -2.39. The van der Waals surface area contributed by atoms with Crippen LogP contribution in [-0.2, 0) is 17.0 Å². The van der Waals surface area contributed by atoms with Gasteiger partial charge in [0.25, 0.3) is 5.56 Å². The number of nitrogens with zero attached hydrogens (tertiary/aromatic N) is 3. The molecule has 0 aliphatic heterocycles. The lowest BCUT2D eigenvalue weighted by Gasteiger charge is -2.12. The number of ether oxygens (including phenoxy) is 2. The number of methoxy groups -OCH3 is 2. The molecule has 0 spiro atoms. The van der Waals surface area contributed by atoms with Crippen molar-refractivity contribution < 1.29 is 9.47 Å². The van der Waals surface area contributed by atoms with Crippen LogP contribution < -0.4 is 10.3 Å². The van der Waals surface area contributed by atoms with Gasteiger partial charge in [0.1, 0.15) is 10.8 Å². The Bertz CT molecular complexity index is 1290. The van der Waals surface area contributed by atoms with Crippen molar-refractivity contribution in [3.63, 3.8) is 0 Å². The number of aromatic nitrogens is 3. The van der Waals surface area contributed by atoms with Gasteiger partial charge in [0.2, 0.25) is 0 Å². The molecule has 0 atom stereocenters. The Morgan fingerprint density at radius 1 is 1.16 bits per heavy atom. The molecular formula is C23H22ClN3O3S2. The fourth-order valence-electron chi connectivity index (χ4n) is 3.30. The predicted molar refractivity (Wildman–Crippen MR) is 131 cm³/mol. The first-order valence-corrected chi connectivity index (χ1v) is 12.2. The van der Waals surface area contributed by atoms with Crippen LogP contribution in [0.4, 0.5) is 0 Å². The van der Waals surface area contributed by atoms with Crippen molar-refractivity contribution in [2.75, 3.05) is 20.8 Å². The lowest BCUT2D eigenvalue weighted by atomic mass is 10.2. The number of benzene rings is 2. The van der Waals surface area contributed by atoms with E-state index in [9.17, 15) is 4.79 Å². The molecule has 0 unspecified atom stereocenters. The van der Waals surface area contributed by atoms with E-state index in [0.29, 0.717) is 40.0 Å². The molecule has 9 heteroatoms. The highest BCUT2D eigenvalue weighted by Crippen LogP contribution is 2.33. The molecule has 0 aliphatic carbocycles. The van der Waals surface area contributed by atoms with Gasteiger partial charge < -0.3 is 9.47 Å². The molecule has 6 nitrogen and oxygen atoms in total. The van der Waals surface area contributed by atoms with Crippen molar-refractivity contribution in [3.8, 4) is 16.3 Å². The topological polar surface area (TPSA) is 66.2 Å². The molecule has 2 aromatic carbocycles. The molecule has 166 valence electrons. The van der Waals surface area contributed by atoms with Crippen molar-refractivity contribution in [1.29, 1.82) is 0 Å². The van der Waals surface area contributed by atoms with E-state index in [0.717, 1.165) is 28.4 Å². The summed E-state index contributed by atoms with van der Waals surface area (Å²) in [7, 11) is 3.31. The Kier molecular flexibility index (Phi) is 7.47. The molecule has 2 aromatic heterocycles. The quantitative estimate of drug-likeness (QED) is 0.176. The van der Waals surface area contributed by atoms with Crippen LogP contribution in [0.15, 0.2) is 57.8 Å². The fraction of sp³-hybridized carbons (Fsp3) is 0.261. The smallest absolute Gasteiger partial charge is 0.262 e. The van der Waals surface area contributed by atoms with Crippen LogP contribution in [0.25, 0.3) is 21.5 Å². The number of fused-ring (bicyclic) bond motifs is 1. The Morgan fingerprint density at radius 2 is 2.00 bits per heavy atom. The van der Waals surface area contributed by atoms with Crippen molar-refractivity contribution in [1.82, 2.24) is 14.5 Å². The van der Waals surface area contributed by atoms with E-state index < -0.39 is 0 Å². The van der Waals surface area contributed by atoms with Gasteiger partial charge in [0, 0.05) is 36.4 Å². The summed E-state index contributed by atoms with van der Waals surface area (Å²) < 4.78 is 12.3. The largest absolute Gasteiger partial charge is 0.496 e. The highest BCUT2D eigenvalue weighted by molar-refractivity contribution is 7.98. The first kappa shape index (κ1) is 22.8. The van der Waals surface area contributed by atoms with Gasteiger partial charge in [0.15, 0.2) is 5.16 Å². The third kappa shape index (κ3) is 4.99. The molecule has 4 aromatic rings. The third-order valence-electron chi connectivity index (χ3n) is 4.85. The van der Waals surface area contributed by atoms with Gasteiger partial charge in [-0.25, -0.2) is 9.97 Å². The molecule has 32 heavy (non-hydrogen) atoms. The zero-order valence-electron chi connectivity index (χ0n) is 17.7. The molecule has 4 rings (SSSR count). The average molecular weight is 488 g/mol. The van der Waals surface area contributed by atoms with E-state index in [1.165, 1.54) is 11.8 Å². The Morgan fingerprint density at radius 3 is 2.81 bits per heavy atom. The van der Waals surface area contributed by atoms with Crippen LogP contribution in [0.3, 0.4) is 0 Å². The maximum Gasteiger partial charge on any atom is 0.262 e. The van der Waals surface area contributed by atoms with Crippen LogP contribution in [0, 0.1) is 0 Å². The van der Waals surface area contributed by atoms with Crippen LogP contribution in [0.1, 0.15) is 12.1 Å². The second-order valence-electron chi connectivity index (χ2n) is 6.99. The van der Waals surface area contributed by atoms with E-state index >= 15 is 0 Å². The maximum absolute atomic E-state index is 13.1. The molecule has 0 aliphatic rings. The Labute approximate surface area is 199 Å². The molecule has 2 heterocycles. The summed E-state index contributed by atoms with van der Waals surface area (Å²) in [5.41, 5.74) is 2.41. The monoisotopic (exact) mass is 487 g/mol. The second-order valence-corrected chi connectivity index (χ2v) is 9.23. The lowest BCUT2D eigenvalue weighted by Crippen LogP contribution is -2.24. The zero-order chi connectivity index (χ0) is 22.5. The number of hydrogen-bond acceptors (Lipinski definition) is 7. The van der Waals surface area contributed by atoms with Gasteiger partial charge in [-0.15, -0.1) is 11.3 Å². The van der Waals surface area contributed by atoms with E-state index in [-0.39, 0.29) is 5.56 Å². The van der Waals surface area contributed by atoms with Crippen LogP contribution in [-0.4, -0.2) is 35.4 Å². The standard InChI is InChI=1S/C23H22ClN3O3S2/c1-29-11-5-10-27-22(28)17-9-8-15(24)12-19(17)26-23(27)32-14-16-13-31-21(25-16)18-6-3-4-7-20(18)30-2/h3-4,6-9,12-13H,5,10-11,14H2,1-2H3. The van der Waals surface area contributed by atoms with E-state index in [2.05, 4.69) is 0 Å². The summed E-state index contributed by atoms with van der Waals surface area (Å²) in [6, 6.07) is 13.0. The van der Waals surface area contributed by atoms with Crippen LogP contribution in [0.5, 0.6) is 5.75 Å². The van der Waals surface area contributed by atoms with Crippen molar-refractivity contribution in [3.05, 3.63) is 68.9 Å². The fourth-order valence-corrected chi connectivity index (χ4v) is 5.34. The summed E-state index contributed by atoms with van der Waals surface area (Å²) in [4.78, 5) is 22.6. The molecule has 0 radical (unpaired) electrons. The summed E-state index contributed by atoms with van der Waals surface area (Å²) in [5.74, 6) is 1.38. The zero-order valence-corrected chi connectivity index (χ0v) is 20.1. The highest BCUT2D eigenvalue weighted by atomic mass is 35.5. The predicted octanol–water partition coefficient (Wildman–Crippen LogP) is 5.51. The van der Waals surface area contributed by atoms with E-state index in [1.807, 2.05) is 29.6 Å². The first-order valence-electron chi connectivity index (χ1n) is 10.0. The minimum Gasteiger partial charge on any atom is -0.496 e. The van der Waals surface area contributed by atoms with E-state index in [4.69, 9.17) is 31.0 Å². The summed E-state index contributed by atoms with van der Waals surface area (Å²) >= 11 is 9.19. The van der Waals surface area contributed by atoms with Gasteiger partial charge in [-0.05, 0) is 36.8 Å². The van der Waals surface area contributed by atoms with Gasteiger partial charge >= 0.3 is 0 Å². The van der Waals surface area contributed by atoms with E-state index in [1.54, 1.807) is 48.3 Å². The number of halogens is 1. The summed E-state index contributed by atoms with van der Waals surface area (Å²) in [6.45, 7) is 1.10. The second kappa shape index (κ2) is 10.5. The van der Waals surface area contributed by atoms with Crippen LogP contribution >= 0.6 is 34.7 Å². The Balaban J connectivity index is 1.61. The molecular weight excluding hydrogens is 466 g/mol. The SMILES string of the molecule is COCCCn1c(SCc2csc(-c3ccccc3OC)n2)nc2cc(Cl)ccc2c1=O. The number of thiazole rings is 1. The van der Waals surface area contributed by atoms with Gasteiger partial charge in [0.05, 0.1) is 29.3 Å². The molecule has 0 N–H and O–H groups in total. The molecule has 0 saturated carbocycles. The number of hydrogen-bond donors (Lipinski definition) is 0. The minimum absolute atomic E-state index is 0.0711. The van der Waals surface area contributed by atoms with Gasteiger partial charge in [-0.3, -0.25) is 9.36 Å². The number of rotatable bonds is 9. The molecule has 0 amide bonds. The minimum atomic E-state index is -0.0711. The molecule has 0 bridgehead atoms. The molecule has 0 fully saturated rings.